The molecule has 2 aromatic rings. The number of hydrogen-bond acceptors (Lipinski definition) is 6. The number of aromatic nitrogens is 3. The van der Waals surface area contributed by atoms with Crippen molar-refractivity contribution < 1.29 is 9.32 Å². The highest BCUT2D eigenvalue weighted by Gasteiger charge is 2.34. The standard InChI is InChI=1S/C14H16N4O2S/c1-21-9-12-16-14(20-17-12)11-6-13(19)18(8-11)7-10-2-4-15-5-3-10/h2-5,11H,6-9H2,1H3/t11-/m1/s1. The van der Waals surface area contributed by atoms with Gasteiger partial charge >= 0.3 is 0 Å². The molecule has 0 bridgehead atoms. The first-order valence-corrected chi connectivity index (χ1v) is 8.13. The van der Waals surface area contributed by atoms with E-state index in [0.717, 1.165) is 11.3 Å². The maximum atomic E-state index is 12.1. The van der Waals surface area contributed by atoms with E-state index in [1.54, 1.807) is 24.2 Å². The molecule has 110 valence electrons. The molecule has 1 saturated heterocycles. The Hall–Kier alpha value is -1.89. The highest BCUT2D eigenvalue weighted by atomic mass is 32.2. The first kappa shape index (κ1) is 14.1. The molecule has 1 fully saturated rings. The molecule has 0 unspecified atom stereocenters. The van der Waals surface area contributed by atoms with E-state index in [1.165, 1.54) is 0 Å². The van der Waals surface area contributed by atoms with Crippen LogP contribution in [0, 0.1) is 0 Å². The number of amides is 1. The van der Waals surface area contributed by atoms with E-state index in [0.29, 0.717) is 31.2 Å². The van der Waals surface area contributed by atoms with Gasteiger partial charge in [0.25, 0.3) is 0 Å². The molecule has 0 aromatic carbocycles. The van der Waals surface area contributed by atoms with Gasteiger partial charge in [0.2, 0.25) is 11.8 Å². The lowest BCUT2D eigenvalue weighted by molar-refractivity contribution is -0.128. The van der Waals surface area contributed by atoms with Crippen molar-refractivity contribution in [2.24, 2.45) is 0 Å². The van der Waals surface area contributed by atoms with Gasteiger partial charge in [0.1, 0.15) is 0 Å². The molecule has 1 amide bonds. The van der Waals surface area contributed by atoms with E-state index in [9.17, 15) is 4.79 Å². The van der Waals surface area contributed by atoms with Crippen molar-refractivity contribution in [1.82, 2.24) is 20.0 Å². The maximum absolute atomic E-state index is 12.1. The SMILES string of the molecule is CSCc1noc([C@@H]2CC(=O)N(Cc3ccncc3)C2)n1. The van der Waals surface area contributed by atoms with Gasteiger partial charge in [0, 0.05) is 31.9 Å². The van der Waals surface area contributed by atoms with Crippen LogP contribution in [0.5, 0.6) is 0 Å². The van der Waals surface area contributed by atoms with Gasteiger partial charge in [-0.05, 0) is 24.0 Å². The summed E-state index contributed by atoms with van der Waals surface area (Å²) >= 11 is 1.65. The zero-order valence-corrected chi connectivity index (χ0v) is 12.5. The number of carbonyl (C=O) groups excluding carboxylic acids is 1. The molecular formula is C14H16N4O2S. The minimum atomic E-state index is 0.00226. The van der Waals surface area contributed by atoms with Crippen LogP contribution in [0.15, 0.2) is 29.0 Å². The summed E-state index contributed by atoms with van der Waals surface area (Å²) in [5.74, 6) is 2.12. The molecule has 6 nitrogen and oxygen atoms in total. The Labute approximate surface area is 126 Å². The van der Waals surface area contributed by atoms with E-state index in [4.69, 9.17) is 4.52 Å². The molecule has 2 aromatic heterocycles. The summed E-state index contributed by atoms with van der Waals surface area (Å²) in [5.41, 5.74) is 1.08. The molecule has 0 aliphatic carbocycles. The Morgan fingerprint density at radius 1 is 1.43 bits per heavy atom. The Kier molecular flexibility index (Phi) is 4.19. The van der Waals surface area contributed by atoms with Crippen molar-refractivity contribution in [3.05, 3.63) is 41.8 Å². The summed E-state index contributed by atoms with van der Waals surface area (Å²) in [4.78, 5) is 22.3. The van der Waals surface area contributed by atoms with E-state index in [1.807, 2.05) is 23.3 Å². The Morgan fingerprint density at radius 3 is 3.00 bits per heavy atom. The van der Waals surface area contributed by atoms with E-state index in [2.05, 4.69) is 15.1 Å². The third-order valence-electron chi connectivity index (χ3n) is 3.44. The molecule has 0 N–H and O–H groups in total. The second-order valence-electron chi connectivity index (χ2n) is 5.01. The summed E-state index contributed by atoms with van der Waals surface area (Å²) < 4.78 is 5.28. The molecule has 3 heterocycles. The lowest BCUT2D eigenvalue weighted by atomic mass is 10.1. The van der Waals surface area contributed by atoms with Crippen LogP contribution in [0.4, 0.5) is 0 Å². The normalized spacial score (nSPS) is 18.4. The number of thioether (sulfide) groups is 1. The molecule has 0 saturated carbocycles. The largest absolute Gasteiger partial charge is 0.339 e. The molecule has 21 heavy (non-hydrogen) atoms. The number of likely N-dealkylation sites (tertiary alicyclic amines) is 1. The van der Waals surface area contributed by atoms with Crippen LogP contribution in [0.25, 0.3) is 0 Å². The predicted octanol–water partition coefficient (Wildman–Crippen LogP) is 1.84. The fourth-order valence-corrected chi connectivity index (χ4v) is 2.80. The third-order valence-corrected chi connectivity index (χ3v) is 3.99. The summed E-state index contributed by atoms with van der Waals surface area (Å²) in [6, 6.07) is 3.84. The molecule has 7 heteroatoms. The van der Waals surface area contributed by atoms with Crippen LogP contribution in [-0.2, 0) is 17.1 Å². The van der Waals surface area contributed by atoms with E-state index < -0.39 is 0 Å². The second-order valence-corrected chi connectivity index (χ2v) is 5.88. The van der Waals surface area contributed by atoms with Crippen molar-refractivity contribution in [1.29, 1.82) is 0 Å². The highest BCUT2D eigenvalue weighted by molar-refractivity contribution is 7.97. The average Bonchev–Trinajstić information content (AvgIpc) is 3.08. The predicted molar refractivity (Wildman–Crippen MR) is 78.5 cm³/mol. The Bertz CT molecular complexity index is 616. The molecular weight excluding hydrogens is 288 g/mol. The highest BCUT2D eigenvalue weighted by Crippen LogP contribution is 2.28. The first-order chi connectivity index (χ1) is 10.3. The van der Waals surface area contributed by atoms with Crippen LogP contribution in [0.3, 0.4) is 0 Å². The number of hydrogen-bond donors (Lipinski definition) is 0. The third kappa shape index (κ3) is 3.24. The van der Waals surface area contributed by atoms with Gasteiger partial charge in [-0.2, -0.15) is 16.7 Å². The number of pyridine rings is 1. The molecule has 3 rings (SSSR count). The van der Waals surface area contributed by atoms with E-state index >= 15 is 0 Å². The lowest BCUT2D eigenvalue weighted by Gasteiger charge is -2.15. The van der Waals surface area contributed by atoms with Gasteiger partial charge in [-0.3, -0.25) is 9.78 Å². The number of rotatable bonds is 5. The molecule has 0 radical (unpaired) electrons. The van der Waals surface area contributed by atoms with Gasteiger partial charge < -0.3 is 9.42 Å². The smallest absolute Gasteiger partial charge is 0.232 e. The first-order valence-electron chi connectivity index (χ1n) is 6.74. The van der Waals surface area contributed by atoms with Crippen molar-refractivity contribution in [2.45, 2.75) is 24.6 Å². The van der Waals surface area contributed by atoms with Crippen LogP contribution in [-0.4, -0.2) is 38.7 Å². The Morgan fingerprint density at radius 2 is 2.24 bits per heavy atom. The van der Waals surface area contributed by atoms with Crippen molar-refractivity contribution in [2.75, 3.05) is 12.8 Å². The van der Waals surface area contributed by atoms with E-state index in [-0.39, 0.29) is 11.8 Å². The minimum Gasteiger partial charge on any atom is -0.339 e. The molecule has 1 aliphatic rings. The quantitative estimate of drug-likeness (QED) is 0.839. The summed E-state index contributed by atoms with van der Waals surface area (Å²) in [6.45, 7) is 1.23. The second kappa shape index (κ2) is 6.26. The summed E-state index contributed by atoms with van der Waals surface area (Å²) in [5, 5.41) is 3.94. The van der Waals surface area contributed by atoms with Crippen LogP contribution in [0.1, 0.15) is 29.6 Å². The Balaban J connectivity index is 1.66. The molecule has 1 aliphatic heterocycles. The fourth-order valence-electron chi connectivity index (χ4n) is 2.42. The fraction of sp³-hybridized carbons (Fsp3) is 0.429. The van der Waals surface area contributed by atoms with Crippen molar-refractivity contribution in [3.63, 3.8) is 0 Å². The average molecular weight is 304 g/mol. The summed E-state index contributed by atoms with van der Waals surface area (Å²) in [7, 11) is 0. The van der Waals surface area contributed by atoms with Crippen LogP contribution >= 0.6 is 11.8 Å². The van der Waals surface area contributed by atoms with Gasteiger partial charge in [-0.15, -0.1) is 0 Å². The molecule has 0 spiro atoms. The van der Waals surface area contributed by atoms with Crippen molar-refractivity contribution >= 4 is 17.7 Å². The summed E-state index contributed by atoms with van der Waals surface area (Å²) in [6.07, 6.45) is 5.90. The maximum Gasteiger partial charge on any atom is 0.232 e. The lowest BCUT2D eigenvalue weighted by Crippen LogP contribution is -2.24. The minimum absolute atomic E-state index is 0.00226. The van der Waals surface area contributed by atoms with Crippen LogP contribution in [0.2, 0.25) is 0 Å². The number of carbonyl (C=O) groups is 1. The van der Waals surface area contributed by atoms with Crippen molar-refractivity contribution in [3.8, 4) is 0 Å². The molecule has 1 atom stereocenters. The van der Waals surface area contributed by atoms with Gasteiger partial charge in [-0.1, -0.05) is 5.16 Å². The number of nitrogens with zero attached hydrogens (tertiary/aromatic N) is 4. The monoisotopic (exact) mass is 304 g/mol. The zero-order chi connectivity index (χ0) is 14.7. The van der Waals surface area contributed by atoms with Gasteiger partial charge in [0.15, 0.2) is 5.82 Å². The van der Waals surface area contributed by atoms with Crippen LogP contribution < -0.4 is 0 Å². The van der Waals surface area contributed by atoms with Gasteiger partial charge in [-0.25, -0.2) is 0 Å². The zero-order valence-electron chi connectivity index (χ0n) is 11.7. The van der Waals surface area contributed by atoms with Gasteiger partial charge in [0.05, 0.1) is 11.7 Å². The topological polar surface area (TPSA) is 72.1 Å².